The minimum atomic E-state index is -1.41. The Morgan fingerprint density at radius 1 is 1.19 bits per heavy atom. The molecule has 0 amide bonds. The molecular weight excluding hydrogens is 344 g/mol. The van der Waals surface area contributed by atoms with Gasteiger partial charge in [0.15, 0.2) is 5.60 Å². The molecule has 0 aliphatic heterocycles. The topological polar surface area (TPSA) is 83.8 Å². The van der Waals surface area contributed by atoms with E-state index in [9.17, 15) is 19.8 Å². The van der Waals surface area contributed by atoms with Crippen molar-refractivity contribution in [3.05, 3.63) is 23.3 Å². The molecule has 0 radical (unpaired) electrons. The lowest BCUT2D eigenvalue weighted by Gasteiger charge is -2.33. The van der Waals surface area contributed by atoms with Gasteiger partial charge in [-0.3, -0.25) is 9.59 Å². The van der Waals surface area contributed by atoms with Crippen LogP contribution in [-0.4, -0.2) is 39.8 Å². The normalized spacial score (nSPS) is 43.6. The molecule has 3 aliphatic carbocycles. The Labute approximate surface area is 161 Å². The maximum atomic E-state index is 13.5. The average Bonchev–Trinajstić information content (AvgIpc) is 2.97. The monoisotopic (exact) mass is 376 g/mol. The molecule has 0 aromatic carbocycles. The molecule has 2 fully saturated rings. The summed E-state index contributed by atoms with van der Waals surface area (Å²) < 4.78 is 5.67. The van der Waals surface area contributed by atoms with Gasteiger partial charge in [0.25, 0.3) is 0 Å². The van der Waals surface area contributed by atoms with E-state index >= 15 is 0 Å². The smallest absolute Gasteiger partial charge is 0.303 e. The summed E-state index contributed by atoms with van der Waals surface area (Å²) in [6.07, 6.45) is 3.20. The molecular formula is C22H32O5. The molecule has 2 saturated carbocycles. The lowest BCUT2D eigenvalue weighted by Crippen LogP contribution is -2.48. The van der Waals surface area contributed by atoms with Gasteiger partial charge in [0, 0.05) is 13.3 Å². The number of esters is 1. The van der Waals surface area contributed by atoms with Crippen molar-refractivity contribution in [2.24, 2.45) is 29.1 Å². The molecule has 0 spiro atoms. The van der Waals surface area contributed by atoms with E-state index < -0.39 is 29.7 Å². The van der Waals surface area contributed by atoms with Crippen LogP contribution in [0.15, 0.2) is 23.3 Å². The number of carbonyl (C=O) groups is 2. The lowest BCUT2D eigenvalue weighted by molar-refractivity contribution is -0.168. The third-order valence-electron chi connectivity index (χ3n) is 7.20. The van der Waals surface area contributed by atoms with Crippen LogP contribution < -0.4 is 0 Å². The minimum Gasteiger partial charge on any atom is -0.450 e. The number of rotatable bonds is 1. The Kier molecular flexibility index (Phi) is 4.92. The molecule has 0 saturated heterocycles. The number of hydrogen-bond acceptors (Lipinski definition) is 5. The van der Waals surface area contributed by atoms with Crippen LogP contribution in [0.2, 0.25) is 0 Å². The third-order valence-corrected chi connectivity index (χ3v) is 7.20. The van der Waals surface area contributed by atoms with Crippen LogP contribution in [0.3, 0.4) is 0 Å². The van der Waals surface area contributed by atoms with Crippen molar-refractivity contribution in [1.29, 1.82) is 0 Å². The Morgan fingerprint density at radius 3 is 2.41 bits per heavy atom. The highest BCUT2D eigenvalue weighted by Gasteiger charge is 2.60. The first-order valence-electron chi connectivity index (χ1n) is 9.89. The first-order valence-corrected chi connectivity index (χ1v) is 9.89. The molecule has 150 valence electrons. The zero-order chi connectivity index (χ0) is 20.3. The predicted octanol–water partition coefficient (Wildman–Crippen LogP) is 2.80. The summed E-state index contributed by atoms with van der Waals surface area (Å²) in [6.45, 7) is 11.1. The number of fused-ring (bicyclic) bond motifs is 2. The number of aliphatic hydroxyl groups is 2. The zero-order valence-corrected chi connectivity index (χ0v) is 17.2. The standard InChI is InChI=1S/C22H32O5/c1-11-7-17-19(25)13(3)10-22(17,27-14(4)23)20(26)12(2)8-15-16(9-18(11)24)21(15,5)6/h7-8,13,15-19,24-25H,9-10H2,1-6H3/t13-,15-,16+,17+,18-,19+,22-/m1/s1. The second kappa shape index (κ2) is 6.56. The number of hydrogen-bond donors (Lipinski definition) is 2. The van der Waals surface area contributed by atoms with E-state index in [1.54, 1.807) is 13.0 Å². The van der Waals surface area contributed by atoms with Crippen molar-refractivity contribution in [3.63, 3.8) is 0 Å². The first-order chi connectivity index (χ1) is 12.4. The summed E-state index contributed by atoms with van der Waals surface area (Å²) in [5, 5.41) is 21.5. The van der Waals surface area contributed by atoms with E-state index in [0.717, 1.165) is 5.57 Å². The predicted molar refractivity (Wildman–Crippen MR) is 102 cm³/mol. The zero-order valence-electron chi connectivity index (χ0n) is 17.2. The maximum Gasteiger partial charge on any atom is 0.303 e. The number of carbonyl (C=O) groups excluding carboxylic acids is 2. The highest BCUT2D eigenvalue weighted by atomic mass is 16.6. The molecule has 0 bridgehead atoms. The van der Waals surface area contributed by atoms with Crippen molar-refractivity contribution in [2.75, 3.05) is 0 Å². The van der Waals surface area contributed by atoms with Crippen LogP contribution >= 0.6 is 0 Å². The fourth-order valence-electron chi connectivity index (χ4n) is 5.32. The largest absolute Gasteiger partial charge is 0.450 e. The van der Waals surface area contributed by atoms with Gasteiger partial charge < -0.3 is 14.9 Å². The van der Waals surface area contributed by atoms with Crippen LogP contribution in [0.1, 0.15) is 54.4 Å². The fraction of sp³-hybridized carbons (Fsp3) is 0.727. The van der Waals surface area contributed by atoms with Gasteiger partial charge in [-0.1, -0.05) is 32.9 Å². The van der Waals surface area contributed by atoms with E-state index in [4.69, 9.17) is 4.74 Å². The van der Waals surface area contributed by atoms with Crippen LogP contribution in [-0.2, 0) is 14.3 Å². The SMILES string of the molecule is CC(=O)O[C@]12C[C@@H](C)[C@H](O)[C@@H]1C=C(C)[C@H](O)C[C@H]1[C@@H](C=C(C)C2=O)C1(C)C. The molecule has 3 aliphatic rings. The summed E-state index contributed by atoms with van der Waals surface area (Å²) in [5.41, 5.74) is -0.0899. The number of Topliss-reactive ketones (excluding diaryl/α,β-unsaturated/α-hetero) is 1. The van der Waals surface area contributed by atoms with Crippen LogP contribution in [0.4, 0.5) is 0 Å². The number of allylic oxidation sites excluding steroid dienone is 1. The Hall–Kier alpha value is -1.46. The first kappa shape index (κ1) is 20.3. The fourth-order valence-corrected chi connectivity index (χ4v) is 5.32. The molecule has 0 aromatic heterocycles. The molecule has 3 rings (SSSR count). The molecule has 0 unspecified atom stereocenters. The van der Waals surface area contributed by atoms with Crippen molar-refractivity contribution < 1.29 is 24.5 Å². The summed E-state index contributed by atoms with van der Waals surface area (Å²) in [7, 11) is 0. The average molecular weight is 376 g/mol. The van der Waals surface area contributed by atoms with Gasteiger partial charge in [-0.15, -0.1) is 0 Å². The van der Waals surface area contributed by atoms with E-state index in [1.165, 1.54) is 6.92 Å². The summed E-state index contributed by atoms with van der Waals surface area (Å²) in [5.74, 6) is -1.12. The summed E-state index contributed by atoms with van der Waals surface area (Å²) in [6, 6.07) is 0. The Morgan fingerprint density at radius 2 is 1.81 bits per heavy atom. The molecule has 2 N–H and O–H groups in total. The van der Waals surface area contributed by atoms with Gasteiger partial charge in [0.1, 0.15) is 0 Å². The van der Waals surface area contributed by atoms with Crippen molar-refractivity contribution in [3.8, 4) is 0 Å². The summed E-state index contributed by atoms with van der Waals surface area (Å²) >= 11 is 0. The van der Waals surface area contributed by atoms with E-state index in [1.807, 2.05) is 19.9 Å². The van der Waals surface area contributed by atoms with Crippen LogP contribution in [0.5, 0.6) is 0 Å². The number of aliphatic hydroxyl groups excluding tert-OH is 2. The lowest BCUT2D eigenvalue weighted by atomic mass is 9.81. The van der Waals surface area contributed by atoms with Gasteiger partial charge in [0.05, 0.1) is 18.1 Å². The van der Waals surface area contributed by atoms with E-state index in [2.05, 4.69) is 13.8 Å². The highest BCUT2D eigenvalue weighted by Crippen LogP contribution is 2.62. The van der Waals surface area contributed by atoms with E-state index in [0.29, 0.717) is 17.9 Å². The third kappa shape index (κ3) is 3.19. The second-order valence-electron chi connectivity index (χ2n) is 9.48. The van der Waals surface area contributed by atoms with Gasteiger partial charge in [-0.05, 0) is 54.6 Å². The van der Waals surface area contributed by atoms with Crippen molar-refractivity contribution >= 4 is 11.8 Å². The summed E-state index contributed by atoms with van der Waals surface area (Å²) in [4.78, 5) is 25.4. The van der Waals surface area contributed by atoms with Gasteiger partial charge in [0.2, 0.25) is 5.78 Å². The Balaban J connectivity index is 2.15. The quantitative estimate of drug-likeness (QED) is 0.543. The number of ketones is 1. The molecule has 27 heavy (non-hydrogen) atoms. The van der Waals surface area contributed by atoms with E-state index in [-0.39, 0.29) is 29.5 Å². The second-order valence-corrected chi connectivity index (χ2v) is 9.48. The minimum absolute atomic E-state index is 0.0263. The van der Waals surface area contributed by atoms with Crippen molar-refractivity contribution in [1.82, 2.24) is 0 Å². The highest BCUT2D eigenvalue weighted by molar-refractivity contribution is 6.03. The van der Waals surface area contributed by atoms with Crippen LogP contribution in [0, 0.1) is 29.1 Å². The molecule has 5 heteroatoms. The van der Waals surface area contributed by atoms with Crippen molar-refractivity contribution in [2.45, 2.75) is 72.2 Å². The van der Waals surface area contributed by atoms with Gasteiger partial charge >= 0.3 is 5.97 Å². The number of ether oxygens (including phenoxy) is 1. The van der Waals surface area contributed by atoms with Gasteiger partial charge in [-0.25, -0.2) is 0 Å². The molecule has 0 aromatic rings. The maximum absolute atomic E-state index is 13.5. The molecule has 0 heterocycles. The van der Waals surface area contributed by atoms with Gasteiger partial charge in [-0.2, -0.15) is 0 Å². The molecule has 7 atom stereocenters. The van der Waals surface area contributed by atoms with Crippen LogP contribution in [0.25, 0.3) is 0 Å². The molecule has 5 nitrogen and oxygen atoms in total. The Bertz CT molecular complexity index is 718.